The summed E-state index contributed by atoms with van der Waals surface area (Å²) in [5.41, 5.74) is 16.0. The number of hydrogen-bond acceptors (Lipinski definition) is 2. The lowest BCUT2D eigenvalue weighted by molar-refractivity contribution is 1.22. The third-order valence-corrected chi connectivity index (χ3v) is 13.8. The molecule has 1 aliphatic heterocycles. The number of fused-ring (bicyclic) bond motifs is 5. The summed E-state index contributed by atoms with van der Waals surface area (Å²) in [4.78, 5) is 13.6. The second-order valence-electron chi connectivity index (χ2n) is 14.6. The van der Waals surface area contributed by atoms with Crippen molar-refractivity contribution in [3.05, 3.63) is 194 Å². The SMILES string of the molecule is CC.CC.CS1(C)c2ccccc2-c2c1ccc1c(-c3ccccc3)nc(-c3cccc(-c4cccc(-c5cc(-c6ccccc6)cc(-c6ccccc6)c5)c4)c3)nc21. The van der Waals surface area contributed by atoms with Crippen LogP contribution in [0.5, 0.6) is 0 Å². The Morgan fingerprint density at radius 1 is 0.339 bits per heavy atom. The summed E-state index contributed by atoms with van der Waals surface area (Å²) in [5.74, 6) is 0.734. The first-order valence-corrected chi connectivity index (χ1v) is 23.2. The average molecular weight is 783 g/mol. The van der Waals surface area contributed by atoms with Crippen LogP contribution in [0.2, 0.25) is 0 Å². The molecule has 9 aromatic rings. The van der Waals surface area contributed by atoms with E-state index in [1.165, 1.54) is 54.3 Å². The quantitative estimate of drug-likeness (QED) is 0.168. The van der Waals surface area contributed by atoms with Crippen LogP contribution in [0.15, 0.2) is 204 Å². The maximum atomic E-state index is 5.45. The van der Waals surface area contributed by atoms with Gasteiger partial charge in [-0.15, -0.1) is 0 Å². The Labute approximate surface area is 351 Å². The van der Waals surface area contributed by atoms with Crippen molar-refractivity contribution in [1.82, 2.24) is 9.97 Å². The predicted octanol–water partition coefficient (Wildman–Crippen LogP) is 16.1. The Hall–Kier alpha value is -6.55. The number of rotatable bonds is 6. The first-order valence-electron chi connectivity index (χ1n) is 20.7. The molecule has 8 aromatic carbocycles. The van der Waals surface area contributed by atoms with E-state index in [0.29, 0.717) is 0 Å². The first-order chi connectivity index (χ1) is 29.0. The van der Waals surface area contributed by atoms with E-state index in [2.05, 4.69) is 207 Å². The minimum atomic E-state index is -1.18. The van der Waals surface area contributed by atoms with Gasteiger partial charge in [0.25, 0.3) is 0 Å². The van der Waals surface area contributed by atoms with Crippen molar-refractivity contribution in [3.63, 3.8) is 0 Å². The summed E-state index contributed by atoms with van der Waals surface area (Å²) in [6, 6.07) is 69.8. The number of benzene rings is 8. The fourth-order valence-electron chi connectivity index (χ4n) is 8.15. The number of aromatic nitrogens is 2. The Balaban J connectivity index is 0.00000118. The Bertz CT molecular complexity index is 2820. The lowest BCUT2D eigenvalue weighted by atomic mass is 9.92. The van der Waals surface area contributed by atoms with Crippen molar-refractivity contribution >= 4 is 20.9 Å². The molecule has 1 aromatic heterocycles. The van der Waals surface area contributed by atoms with E-state index in [4.69, 9.17) is 9.97 Å². The second kappa shape index (κ2) is 17.1. The van der Waals surface area contributed by atoms with Crippen LogP contribution in [-0.2, 0) is 0 Å². The van der Waals surface area contributed by atoms with Gasteiger partial charge < -0.3 is 0 Å². The molecule has 0 fully saturated rings. The van der Waals surface area contributed by atoms with Gasteiger partial charge in [0.1, 0.15) is 0 Å². The van der Waals surface area contributed by atoms with E-state index in [-0.39, 0.29) is 0 Å². The molecular formula is C56H50N2S. The zero-order valence-electron chi connectivity index (χ0n) is 34.8. The summed E-state index contributed by atoms with van der Waals surface area (Å²) in [7, 11) is -1.18. The highest BCUT2D eigenvalue weighted by atomic mass is 32.3. The summed E-state index contributed by atoms with van der Waals surface area (Å²) >= 11 is 0. The van der Waals surface area contributed by atoms with Gasteiger partial charge in [-0.1, -0.05) is 173 Å². The zero-order valence-corrected chi connectivity index (χ0v) is 35.6. The van der Waals surface area contributed by atoms with Crippen molar-refractivity contribution < 1.29 is 0 Å². The normalized spacial score (nSPS) is 12.6. The summed E-state index contributed by atoms with van der Waals surface area (Å²) in [6.45, 7) is 8.00. The molecule has 0 atom stereocenters. The van der Waals surface area contributed by atoms with Crippen LogP contribution in [0.3, 0.4) is 0 Å². The Morgan fingerprint density at radius 3 is 1.34 bits per heavy atom. The van der Waals surface area contributed by atoms with Gasteiger partial charge in [-0.3, -0.25) is 0 Å². The van der Waals surface area contributed by atoms with Crippen LogP contribution in [0.25, 0.3) is 89.2 Å². The molecule has 0 spiro atoms. The molecule has 3 heteroatoms. The minimum absolute atomic E-state index is 0.734. The monoisotopic (exact) mass is 782 g/mol. The summed E-state index contributed by atoms with van der Waals surface area (Å²) in [5, 5.41) is 1.08. The fraction of sp³-hybridized carbons (Fsp3) is 0.107. The van der Waals surface area contributed by atoms with Gasteiger partial charge >= 0.3 is 0 Å². The minimum Gasteiger partial charge on any atom is -0.227 e. The second-order valence-corrected chi connectivity index (χ2v) is 18.1. The third-order valence-electron chi connectivity index (χ3n) is 10.9. The molecular weight excluding hydrogens is 733 g/mol. The zero-order chi connectivity index (χ0) is 40.9. The van der Waals surface area contributed by atoms with Gasteiger partial charge in [-0.05, 0) is 111 Å². The van der Waals surface area contributed by atoms with Crippen molar-refractivity contribution in [1.29, 1.82) is 0 Å². The van der Waals surface area contributed by atoms with E-state index >= 15 is 0 Å². The van der Waals surface area contributed by atoms with E-state index in [0.717, 1.165) is 44.7 Å². The van der Waals surface area contributed by atoms with E-state index < -0.39 is 10.0 Å². The van der Waals surface area contributed by atoms with E-state index in [1.807, 2.05) is 27.7 Å². The summed E-state index contributed by atoms with van der Waals surface area (Å²) < 4.78 is 0. The van der Waals surface area contributed by atoms with Gasteiger partial charge in [0.2, 0.25) is 0 Å². The third kappa shape index (κ3) is 7.51. The molecule has 0 saturated carbocycles. The lowest BCUT2D eigenvalue weighted by Crippen LogP contribution is -1.98. The smallest absolute Gasteiger partial charge is 0.160 e. The van der Waals surface area contributed by atoms with Crippen molar-refractivity contribution in [2.75, 3.05) is 12.5 Å². The Morgan fingerprint density at radius 2 is 0.763 bits per heavy atom. The van der Waals surface area contributed by atoms with Crippen molar-refractivity contribution in [2.45, 2.75) is 37.5 Å². The van der Waals surface area contributed by atoms with Crippen LogP contribution < -0.4 is 0 Å². The molecule has 10 rings (SSSR count). The van der Waals surface area contributed by atoms with Crippen LogP contribution in [0.4, 0.5) is 0 Å². The molecule has 0 aliphatic carbocycles. The van der Waals surface area contributed by atoms with Gasteiger partial charge in [0, 0.05) is 31.9 Å². The Kier molecular flexibility index (Phi) is 11.4. The van der Waals surface area contributed by atoms with E-state index in [1.54, 1.807) is 0 Å². The standard InChI is InChI=1S/C52H38N2S.2C2H6/c1-55(2)47-27-13-12-26-45(47)49-48(55)29-28-46-50(37-20-10-5-11-21-37)53-52(54-51(46)49)41-25-15-23-39(31-41)38-22-14-24-40(30-38)44-33-42(35-16-6-3-7-17-35)32-43(34-44)36-18-8-4-9-19-36;2*1-2/h3-34H,1-2H3;2*1-2H3. The van der Waals surface area contributed by atoms with Crippen LogP contribution >= 0.6 is 10.0 Å². The van der Waals surface area contributed by atoms with E-state index in [9.17, 15) is 0 Å². The number of nitrogens with zero attached hydrogens (tertiary/aromatic N) is 2. The molecule has 0 unspecified atom stereocenters. The van der Waals surface area contributed by atoms with Crippen molar-refractivity contribution in [2.24, 2.45) is 0 Å². The molecule has 0 radical (unpaired) electrons. The molecule has 0 amide bonds. The van der Waals surface area contributed by atoms with Crippen LogP contribution in [-0.4, -0.2) is 22.5 Å². The van der Waals surface area contributed by atoms with Gasteiger partial charge in [0.15, 0.2) is 5.82 Å². The van der Waals surface area contributed by atoms with Crippen molar-refractivity contribution in [3.8, 4) is 78.3 Å². The molecule has 0 bridgehead atoms. The maximum absolute atomic E-state index is 5.45. The largest absolute Gasteiger partial charge is 0.227 e. The van der Waals surface area contributed by atoms with Gasteiger partial charge in [-0.25, -0.2) is 9.97 Å². The predicted molar refractivity (Wildman–Crippen MR) is 256 cm³/mol. The fourth-order valence-corrected chi connectivity index (χ4v) is 10.6. The maximum Gasteiger partial charge on any atom is 0.160 e. The molecule has 2 nitrogen and oxygen atoms in total. The highest BCUT2D eigenvalue weighted by Crippen LogP contribution is 2.68. The molecule has 2 heterocycles. The topological polar surface area (TPSA) is 25.8 Å². The molecule has 290 valence electrons. The lowest BCUT2D eigenvalue weighted by Gasteiger charge is -2.28. The molecule has 0 saturated heterocycles. The average Bonchev–Trinajstić information content (AvgIpc) is 3.56. The molecule has 59 heavy (non-hydrogen) atoms. The molecule has 0 N–H and O–H groups in total. The summed E-state index contributed by atoms with van der Waals surface area (Å²) in [6.07, 6.45) is 4.81. The highest BCUT2D eigenvalue weighted by Gasteiger charge is 2.34. The van der Waals surface area contributed by atoms with Gasteiger partial charge in [0.05, 0.1) is 11.2 Å². The number of hydrogen-bond donors (Lipinski definition) is 0. The molecule has 1 aliphatic rings. The highest BCUT2D eigenvalue weighted by molar-refractivity contribution is 8.33. The van der Waals surface area contributed by atoms with Gasteiger partial charge in [-0.2, -0.15) is 10.0 Å². The van der Waals surface area contributed by atoms with Crippen LogP contribution in [0, 0.1) is 0 Å². The first kappa shape index (κ1) is 39.3. The van der Waals surface area contributed by atoms with Crippen LogP contribution in [0.1, 0.15) is 27.7 Å².